The fourth-order valence-electron chi connectivity index (χ4n) is 3.10. The van der Waals surface area contributed by atoms with E-state index >= 15 is 0 Å². The molecule has 0 aliphatic heterocycles. The van der Waals surface area contributed by atoms with Crippen molar-refractivity contribution in [2.45, 2.75) is 17.9 Å². The van der Waals surface area contributed by atoms with Gasteiger partial charge in [-0.2, -0.15) is 0 Å². The van der Waals surface area contributed by atoms with Gasteiger partial charge in [-0.15, -0.1) is 0 Å². The third-order valence-corrected chi connectivity index (χ3v) is 6.05. The van der Waals surface area contributed by atoms with E-state index in [0.717, 1.165) is 10.9 Å². The molecule has 9 heteroatoms. The van der Waals surface area contributed by atoms with Gasteiger partial charge in [0, 0.05) is 24.8 Å². The third-order valence-electron chi connectivity index (χ3n) is 4.61. The van der Waals surface area contributed by atoms with Crippen molar-refractivity contribution in [2.24, 2.45) is 0 Å². The lowest BCUT2D eigenvalue weighted by Gasteiger charge is -2.11. The first-order valence-electron chi connectivity index (χ1n) is 9.21. The molecule has 0 saturated heterocycles. The van der Waals surface area contributed by atoms with E-state index in [1.807, 2.05) is 36.5 Å². The fraction of sp³-hybridized carbons (Fsp3) is 0.238. The Bertz CT molecular complexity index is 1150. The maximum atomic E-state index is 12.7. The first-order valence-corrected chi connectivity index (χ1v) is 10.7. The highest BCUT2D eigenvalue weighted by Crippen LogP contribution is 2.18. The standard InChI is InChI=1S/C21H22N2O6S/c1-28-20(24)16-12-17(21(25)29-2)14-18(13-16)30(26,27)22-9-5-10-23-11-8-15-6-3-4-7-19(15)23/h3-4,6-8,11-14,22H,5,9-10H2,1-2H3. The van der Waals surface area contributed by atoms with Crippen LogP contribution in [-0.2, 0) is 26.0 Å². The van der Waals surface area contributed by atoms with Crippen molar-refractivity contribution >= 4 is 32.9 Å². The quantitative estimate of drug-likeness (QED) is 0.435. The van der Waals surface area contributed by atoms with Crippen molar-refractivity contribution in [3.63, 3.8) is 0 Å². The molecule has 2 aromatic carbocycles. The number of rotatable bonds is 8. The van der Waals surface area contributed by atoms with Gasteiger partial charge >= 0.3 is 11.9 Å². The van der Waals surface area contributed by atoms with Crippen LogP contribution >= 0.6 is 0 Å². The van der Waals surface area contributed by atoms with Crippen LogP contribution in [0.15, 0.2) is 59.6 Å². The molecular formula is C21H22N2O6S. The topological polar surface area (TPSA) is 104 Å². The van der Waals surface area contributed by atoms with Gasteiger partial charge in [0.2, 0.25) is 10.0 Å². The van der Waals surface area contributed by atoms with Crippen molar-refractivity contribution in [1.82, 2.24) is 9.29 Å². The highest BCUT2D eigenvalue weighted by atomic mass is 32.2. The maximum absolute atomic E-state index is 12.7. The summed E-state index contributed by atoms with van der Waals surface area (Å²) >= 11 is 0. The monoisotopic (exact) mass is 430 g/mol. The molecule has 0 bridgehead atoms. The Morgan fingerprint density at radius 1 is 0.967 bits per heavy atom. The number of ether oxygens (including phenoxy) is 2. The summed E-state index contributed by atoms with van der Waals surface area (Å²) in [4.78, 5) is 23.5. The molecule has 1 heterocycles. The zero-order valence-electron chi connectivity index (χ0n) is 16.6. The number of aromatic nitrogens is 1. The molecule has 0 saturated carbocycles. The summed E-state index contributed by atoms with van der Waals surface area (Å²) < 4.78 is 39.3. The molecule has 3 rings (SSSR count). The molecule has 8 nitrogen and oxygen atoms in total. The van der Waals surface area contributed by atoms with E-state index in [-0.39, 0.29) is 22.6 Å². The van der Waals surface area contributed by atoms with Crippen LogP contribution in [0.3, 0.4) is 0 Å². The number of methoxy groups -OCH3 is 2. The number of esters is 2. The lowest BCUT2D eigenvalue weighted by molar-refractivity contribution is 0.0598. The van der Waals surface area contributed by atoms with Gasteiger partial charge < -0.3 is 14.0 Å². The third kappa shape index (κ3) is 4.69. The molecule has 3 aromatic rings. The lowest BCUT2D eigenvalue weighted by atomic mass is 10.1. The van der Waals surface area contributed by atoms with Crippen LogP contribution < -0.4 is 4.72 Å². The van der Waals surface area contributed by atoms with Crippen LogP contribution in [0.5, 0.6) is 0 Å². The number of benzene rings is 2. The van der Waals surface area contributed by atoms with E-state index < -0.39 is 22.0 Å². The second-order valence-corrected chi connectivity index (χ2v) is 8.32. The largest absolute Gasteiger partial charge is 0.465 e. The number of nitrogens with zero attached hydrogens (tertiary/aromatic N) is 1. The number of nitrogens with one attached hydrogen (secondary N) is 1. The summed E-state index contributed by atoms with van der Waals surface area (Å²) in [6.07, 6.45) is 2.51. The van der Waals surface area contributed by atoms with Crippen LogP contribution in [0.25, 0.3) is 10.9 Å². The zero-order chi connectivity index (χ0) is 21.7. The van der Waals surface area contributed by atoms with Gasteiger partial charge in [-0.05, 0) is 42.1 Å². The molecular weight excluding hydrogens is 408 g/mol. The Kier molecular flexibility index (Phi) is 6.53. The summed E-state index contributed by atoms with van der Waals surface area (Å²) in [5, 5.41) is 1.12. The molecule has 0 radical (unpaired) electrons. The SMILES string of the molecule is COC(=O)c1cc(C(=O)OC)cc(S(=O)(=O)NCCCn2ccc3ccccc32)c1. The lowest BCUT2D eigenvalue weighted by Crippen LogP contribution is -2.26. The summed E-state index contributed by atoms with van der Waals surface area (Å²) in [7, 11) is -1.60. The second-order valence-electron chi connectivity index (χ2n) is 6.55. The molecule has 0 fully saturated rings. The normalized spacial score (nSPS) is 11.4. The van der Waals surface area contributed by atoms with Gasteiger partial charge in [0.1, 0.15) is 0 Å². The molecule has 0 atom stereocenters. The van der Waals surface area contributed by atoms with Crippen LogP contribution in [0.2, 0.25) is 0 Å². The van der Waals surface area contributed by atoms with E-state index in [1.54, 1.807) is 0 Å². The summed E-state index contributed by atoms with van der Waals surface area (Å²) in [5.41, 5.74) is 0.966. The summed E-state index contributed by atoms with van der Waals surface area (Å²) in [5.74, 6) is -1.51. The first-order chi connectivity index (χ1) is 14.4. The molecule has 0 spiro atoms. The van der Waals surface area contributed by atoms with Crippen LogP contribution in [-0.4, -0.2) is 45.7 Å². The maximum Gasteiger partial charge on any atom is 0.337 e. The molecule has 1 N–H and O–H groups in total. The first kappa shape index (κ1) is 21.5. The summed E-state index contributed by atoms with van der Waals surface area (Å²) in [6, 6.07) is 13.5. The Balaban J connectivity index is 1.72. The minimum atomic E-state index is -3.95. The summed E-state index contributed by atoms with van der Waals surface area (Å²) in [6.45, 7) is 0.816. The number of hydrogen-bond donors (Lipinski definition) is 1. The molecule has 1 aromatic heterocycles. The van der Waals surface area contributed by atoms with Crippen molar-refractivity contribution < 1.29 is 27.5 Å². The Morgan fingerprint density at radius 2 is 1.60 bits per heavy atom. The van der Waals surface area contributed by atoms with E-state index in [9.17, 15) is 18.0 Å². The average molecular weight is 430 g/mol. The van der Waals surface area contributed by atoms with E-state index in [2.05, 4.69) is 18.8 Å². The Morgan fingerprint density at radius 3 is 2.23 bits per heavy atom. The highest BCUT2D eigenvalue weighted by Gasteiger charge is 2.20. The smallest absolute Gasteiger partial charge is 0.337 e. The predicted octanol–water partition coefficient (Wildman–Crippen LogP) is 2.58. The van der Waals surface area contributed by atoms with Crippen LogP contribution in [0.4, 0.5) is 0 Å². The molecule has 0 aliphatic carbocycles. The minimum absolute atomic E-state index is 0.0559. The van der Waals surface area contributed by atoms with Crippen LogP contribution in [0, 0.1) is 0 Å². The number of aryl methyl sites for hydroxylation is 1. The van der Waals surface area contributed by atoms with Crippen molar-refractivity contribution in [2.75, 3.05) is 20.8 Å². The van der Waals surface area contributed by atoms with Crippen molar-refractivity contribution in [3.8, 4) is 0 Å². The van der Waals surface area contributed by atoms with Gasteiger partial charge in [-0.25, -0.2) is 22.7 Å². The average Bonchev–Trinajstić information content (AvgIpc) is 3.18. The van der Waals surface area contributed by atoms with E-state index in [4.69, 9.17) is 0 Å². The second kappa shape index (κ2) is 9.10. The van der Waals surface area contributed by atoms with Gasteiger partial charge in [0.25, 0.3) is 0 Å². The van der Waals surface area contributed by atoms with E-state index in [0.29, 0.717) is 13.0 Å². The molecule has 0 aliphatic rings. The van der Waals surface area contributed by atoms with E-state index in [1.165, 1.54) is 32.4 Å². The molecule has 0 amide bonds. The van der Waals surface area contributed by atoms with Gasteiger partial charge in [-0.3, -0.25) is 0 Å². The van der Waals surface area contributed by atoms with Crippen LogP contribution in [0.1, 0.15) is 27.1 Å². The highest BCUT2D eigenvalue weighted by molar-refractivity contribution is 7.89. The van der Waals surface area contributed by atoms with Crippen molar-refractivity contribution in [1.29, 1.82) is 0 Å². The zero-order valence-corrected chi connectivity index (χ0v) is 17.4. The van der Waals surface area contributed by atoms with Gasteiger partial charge in [0.05, 0.1) is 30.2 Å². The molecule has 158 valence electrons. The number of para-hydroxylation sites is 1. The Labute approximate surface area is 174 Å². The molecule has 30 heavy (non-hydrogen) atoms. The number of carbonyl (C=O) groups is 2. The minimum Gasteiger partial charge on any atom is -0.465 e. The fourth-order valence-corrected chi connectivity index (χ4v) is 4.24. The number of hydrogen-bond acceptors (Lipinski definition) is 6. The van der Waals surface area contributed by atoms with Gasteiger partial charge in [0.15, 0.2) is 0 Å². The van der Waals surface area contributed by atoms with Crippen molar-refractivity contribution in [3.05, 3.63) is 65.9 Å². The molecule has 0 unspecified atom stereocenters. The predicted molar refractivity (Wildman–Crippen MR) is 111 cm³/mol. The number of carbonyl (C=O) groups excluding carboxylic acids is 2. The number of fused-ring (bicyclic) bond motifs is 1. The number of sulfonamides is 1. The van der Waals surface area contributed by atoms with Gasteiger partial charge in [-0.1, -0.05) is 18.2 Å². The Hall–Kier alpha value is -3.17.